The van der Waals surface area contributed by atoms with Crippen molar-refractivity contribution in [3.63, 3.8) is 0 Å². The number of rotatable bonds is 2. The zero-order valence-electron chi connectivity index (χ0n) is 9.27. The van der Waals surface area contributed by atoms with Crippen LogP contribution >= 0.6 is 0 Å². The van der Waals surface area contributed by atoms with E-state index in [9.17, 15) is 14.3 Å². The Labute approximate surface area is 98.1 Å². The number of hydrogen-bond donors (Lipinski definition) is 1. The van der Waals surface area contributed by atoms with Crippen LogP contribution in [0.4, 0.5) is 4.39 Å². The molecule has 1 aromatic heterocycles. The molecule has 0 atom stereocenters. The zero-order chi connectivity index (χ0) is 12.0. The number of β-amino-alcohol motifs (C(OH)–C–C–N with tert-alkyl or cyclic N) is 1. The van der Waals surface area contributed by atoms with Gasteiger partial charge in [0.25, 0.3) is 5.91 Å². The number of nitrogens with zero attached hydrogens (tertiary/aromatic N) is 2. The fraction of sp³-hybridized carbons (Fsp3) is 0.500. The van der Waals surface area contributed by atoms with E-state index in [1.54, 1.807) is 4.90 Å². The van der Waals surface area contributed by atoms with Crippen molar-refractivity contribution in [3.8, 4) is 0 Å². The lowest BCUT2D eigenvalue weighted by Gasteiger charge is -2.47. The van der Waals surface area contributed by atoms with Crippen LogP contribution in [0.1, 0.15) is 23.2 Å². The molecule has 2 heterocycles. The van der Waals surface area contributed by atoms with Crippen molar-refractivity contribution >= 4 is 5.91 Å². The summed E-state index contributed by atoms with van der Waals surface area (Å²) < 4.78 is 12.9. The van der Waals surface area contributed by atoms with Crippen LogP contribution in [0.3, 0.4) is 0 Å². The minimum absolute atomic E-state index is 0.239. The van der Waals surface area contributed by atoms with Crippen molar-refractivity contribution in [2.45, 2.75) is 18.4 Å². The zero-order valence-corrected chi connectivity index (χ0v) is 9.27. The standard InChI is InChI=1S/C12H13FN2O2/c13-10-5-8(3-4-14-10)11(16)15-6-12(17,7-15)9-1-2-9/h3-5,9,17H,1-2,6-7H2. The average Bonchev–Trinajstić information content (AvgIpc) is 3.08. The molecule has 1 saturated carbocycles. The van der Waals surface area contributed by atoms with E-state index >= 15 is 0 Å². The van der Waals surface area contributed by atoms with Gasteiger partial charge in [-0.3, -0.25) is 4.79 Å². The van der Waals surface area contributed by atoms with E-state index in [0.717, 1.165) is 18.9 Å². The van der Waals surface area contributed by atoms with E-state index in [2.05, 4.69) is 4.98 Å². The van der Waals surface area contributed by atoms with Crippen LogP contribution in [0.5, 0.6) is 0 Å². The van der Waals surface area contributed by atoms with Gasteiger partial charge in [0.05, 0.1) is 13.1 Å². The number of amides is 1. The second kappa shape index (κ2) is 3.50. The molecule has 1 N–H and O–H groups in total. The van der Waals surface area contributed by atoms with Crippen LogP contribution in [0.25, 0.3) is 0 Å². The maximum Gasteiger partial charge on any atom is 0.254 e. The largest absolute Gasteiger partial charge is 0.386 e. The lowest BCUT2D eigenvalue weighted by Crippen LogP contribution is -2.64. The van der Waals surface area contributed by atoms with Crippen molar-refractivity contribution in [2.75, 3.05) is 13.1 Å². The molecule has 1 amide bonds. The lowest BCUT2D eigenvalue weighted by molar-refractivity contribution is -0.0958. The first-order valence-corrected chi connectivity index (χ1v) is 5.72. The van der Waals surface area contributed by atoms with E-state index in [1.807, 2.05) is 0 Å². The number of likely N-dealkylation sites (tertiary alicyclic amines) is 1. The van der Waals surface area contributed by atoms with Gasteiger partial charge in [0.1, 0.15) is 5.60 Å². The van der Waals surface area contributed by atoms with Gasteiger partial charge in [-0.2, -0.15) is 4.39 Å². The molecule has 0 unspecified atom stereocenters. The number of carbonyl (C=O) groups is 1. The van der Waals surface area contributed by atoms with Crippen LogP contribution in [-0.4, -0.2) is 39.6 Å². The molecular formula is C12H13FN2O2. The smallest absolute Gasteiger partial charge is 0.254 e. The fourth-order valence-corrected chi connectivity index (χ4v) is 2.36. The molecule has 5 heteroatoms. The van der Waals surface area contributed by atoms with Crippen molar-refractivity contribution in [1.29, 1.82) is 0 Å². The van der Waals surface area contributed by atoms with E-state index < -0.39 is 11.5 Å². The fourth-order valence-electron chi connectivity index (χ4n) is 2.36. The molecule has 0 bridgehead atoms. The second-order valence-corrected chi connectivity index (χ2v) is 4.91. The van der Waals surface area contributed by atoms with Gasteiger partial charge in [-0.05, 0) is 24.8 Å². The SMILES string of the molecule is O=C(c1ccnc(F)c1)N1CC(O)(C2CC2)C1. The number of halogens is 1. The van der Waals surface area contributed by atoms with E-state index in [4.69, 9.17) is 0 Å². The third-order valence-electron chi connectivity index (χ3n) is 3.53. The second-order valence-electron chi connectivity index (χ2n) is 4.91. The Hall–Kier alpha value is -1.49. The summed E-state index contributed by atoms with van der Waals surface area (Å²) in [6.07, 6.45) is 3.36. The number of aromatic nitrogens is 1. The van der Waals surface area contributed by atoms with Crippen molar-refractivity contribution < 1.29 is 14.3 Å². The third-order valence-corrected chi connectivity index (χ3v) is 3.53. The van der Waals surface area contributed by atoms with Gasteiger partial charge >= 0.3 is 0 Å². The van der Waals surface area contributed by atoms with Crippen LogP contribution in [0.15, 0.2) is 18.3 Å². The van der Waals surface area contributed by atoms with Gasteiger partial charge in [-0.1, -0.05) is 0 Å². The summed E-state index contributed by atoms with van der Waals surface area (Å²) in [5.41, 5.74) is -0.406. The highest BCUT2D eigenvalue weighted by molar-refractivity contribution is 5.94. The topological polar surface area (TPSA) is 53.4 Å². The minimum Gasteiger partial charge on any atom is -0.386 e. The Kier molecular flexibility index (Phi) is 2.19. The predicted molar refractivity (Wildman–Crippen MR) is 57.8 cm³/mol. The summed E-state index contributed by atoms with van der Waals surface area (Å²) in [6, 6.07) is 2.61. The van der Waals surface area contributed by atoms with Crippen LogP contribution in [0.2, 0.25) is 0 Å². The molecule has 90 valence electrons. The summed E-state index contributed by atoms with van der Waals surface area (Å²) >= 11 is 0. The Morgan fingerprint density at radius 2 is 2.24 bits per heavy atom. The van der Waals surface area contributed by atoms with Gasteiger partial charge in [-0.15, -0.1) is 0 Å². The van der Waals surface area contributed by atoms with Gasteiger partial charge < -0.3 is 10.0 Å². The maximum absolute atomic E-state index is 12.9. The van der Waals surface area contributed by atoms with Crippen molar-refractivity contribution in [1.82, 2.24) is 9.88 Å². The molecule has 1 aliphatic carbocycles. The molecule has 2 aliphatic rings. The Bertz CT molecular complexity index is 467. The minimum atomic E-state index is -0.693. The molecule has 1 saturated heterocycles. The highest BCUT2D eigenvalue weighted by Crippen LogP contribution is 2.44. The van der Waals surface area contributed by atoms with Crippen LogP contribution < -0.4 is 0 Å². The van der Waals surface area contributed by atoms with E-state index in [1.165, 1.54) is 12.3 Å². The lowest BCUT2D eigenvalue weighted by atomic mass is 9.88. The Morgan fingerprint density at radius 3 is 2.82 bits per heavy atom. The molecule has 17 heavy (non-hydrogen) atoms. The Balaban J connectivity index is 1.69. The summed E-state index contributed by atoms with van der Waals surface area (Å²) in [7, 11) is 0. The van der Waals surface area contributed by atoms with Crippen molar-refractivity contribution in [2.24, 2.45) is 5.92 Å². The average molecular weight is 236 g/mol. The van der Waals surface area contributed by atoms with Gasteiger partial charge in [0.15, 0.2) is 0 Å². The summed E-state index contributed by atoms with van der Waals surface area (Å²) in [5.74, 6) is -0.550. The maximum atomic E-state index is 12.9. The molecule has 4 nitrogen and oxygen atoms in total. The number of aliphatic hydroxyl groups is 1. The molecule has 2 fully saturated rings. The summed E-state index contributed by atoms with van der Waals surface area (Å²) in [5, 5.41) is 10.1. The first-order chi connectivity index (χ1) is 8.08. The third kappa shape index (κ3) is 1.80. The van der Waals surface area contributed by atoms with E-state index in [0.29, 0.717) is 19.0 Å². The van der Waals surface area contributed by atoms with Crippen LogP contribution in [-0.2, 0) is 0 Å². The Morgan fingerprint density at radius 1 is 1.53 bits per heavy atom. The molecule has 0 radical (unpaired) electrons. The van der Waals surface area contributed by atoms with Gasteiger partial charge in [0.2, 0.25) is 5.95 Å². The van der Waals surface area contributed by atoms with Crippen molar-refractivity contribution in [3.05, 3.63) is 29.8 Å². The molecule has 1 aliphatic heterocycles. The molecule has 0 spiro atoms. The molecule has 3 rings (SSSR count). The monoisotopic (exact) mass is 236 g/mol. The summed E-state index contributed by atoms with van der Waals surface area (Å²) in [6.45, 7) is 0.723. The predicted octanol–water partition coefficient (Wildman–Crippen LogP) is 0.818. The molecule has 1 aromatic rings. The first kappa shape index (κ1) is 10.7. The highest BCUT2D eigenvalue weighted by atomic mass is 19.1. The highest BCUT2D eigenvalue weighted by Gasteiger charge is 2.53. The first-order valence-electron chi connectivity index (χ1n) is 5.72. The summed E-state index contributed by atoms with van der Waals surface area (Å²) in [4.78, 5) is 16.9. The van der Waals surface area contributed by atoms with Crippen LogP contribution in [0, 0.1) is 11.9 Å². The van der Waals surface area contributed by atoms with Gasteiger partial charge in [0, 0.05) is 17.8 Å². The molecular weight excluding hydrogens is 223 g/mol. The number of hydrogen-bond acceptors (Lipinski definition) is 3. The number of carbonyl (C=O) groups excluding carboxylic acids is 1. The number of pyridine rings is 1. The van der Waals surface area contributed by atoms with Gasteiger partial charge in [-0.25, -0.2) is 4.98 Å². The molecule has 0 aromatic carbocycles. The normalized spacial score (nSPS) is 22.1. The quantitative estimate of drug-likeness (QED) is 0.773. The van der Waals surface area contributed by atoms with E-state index in [-0.39, 0.29) is 11.5 Å².